The van der Waals surface area contributed by atoms with Crippen molar-refractivity contribution >= 4 is 108 Å². The van der Waals surface area contributed by atoms with Gasteiger partial charge in [0.05, 0.1) is 32.3 Å². The highest BCUT2D eigenvalue weighted by molar-refractivity contribution is 7.26. The zero-order valence-corrected chi connectivity index (χ0v) is 31.3. The molecule has 4 aromatic heterocycles. The van der Waals surface area contributed by atoms with E-state index >= 15 is 0 Å². The summed E-state index contributed by atoms with van der Waals surface area (Å²) >= 11 is 1.77. The summed E-state index contributed by atoms with van der Waals surface area (Å²) in [5, 5.41) is 13.6. The van der Waals surface area contributed by atoms with E-state index in [0.29, 0.717) is 5.82 Å². The van der Waals surface area contributed by atoms with E-state index in [9.17, 15) is 0 Å². The number of thiophene rings is 1. The molecule has 0 bridgehead atoms. The number of benzene rings is 9. The van der Waals surface area contributed by atoms with Gasteiger partial charge in [-0.2, -0.15) is 0 Å². The maximum atomic E-state index is 5.62. The van der Waals surface area contributed by atoms with Crippen molar-refractivity contribution in [3.8, 4) is 22.9 Å². The smallest absolute Gasteiger partial charge is 0.162 e. The molecule has 13 aromatic rings. The van der Waals surface area contributed by atoms with Crippen molar-refractivity contribution in [2.75, 3.05) is 0 Å². The molecule has 0 atom stereocenters. The molecule has 0 amide bonds. The number of hydrogen-bond donors (Lipinski definition) is 0. The van der Waals surface area contributed by atoms with E-state index in [4.69, 9.17) is 9.97 Å². The van der Waals surface area contributed by atoms with Gasteiger partial charge >= 0.3 is 0 Å². The quantitative estimate of drug-likeness (QED) is 0.169. The number of nitrogens with zero attached hydrogens (tertiary/aromatic N) is 4. The first kappa shape index (κ1) is 30.9. The molecule has 13 rings (SSSR count). The molecule has 0 unspecified atom stereocenters. The zero-order chi connectivity index (χ0) is 37.2. The van der Waals surface area contributed by atoms with Crippen LogP contribution in [-0.2, 0) is 0 Å². The summed E-state index contributed by atoms with van der Waals surface area (Å²) in [6.45, 7) is 0. The highest BCUT2D eigenvalue weighted by Gasteiger charge is 2.29. The summed E-state index contributed by atoms with van der Waals surface area (Å²) in [5.41, 5.74) is 7.66. The third kappa shape index (κ3) is 4.16. The SMILES string of the molecule is c1ccc(-c2nc(-n3c4ccccc4c4c5c6ccccc6c6ccccc6c5c5c6ccccc6n(-c6ccccc6)c5c43)c3sc4ccccc4c3n2)cc1. The summed E-state index contributed by atoms with van der Waals surface area (Å²) in [4.78, 5) is 10.9. The van der Waals surface area contributed by atoms with Crippen LogP contribution in [0.1, 0.15) is 0 Å². The van der Waals surface area contributed by atoms with E-state index < -0.39 is 0 Å². The third-order valence-electron chi connectivity index (χ3n) is 11.9. The van der Waals surface area contributed by atoms with Gasteiger partial charge in [0.2, 0.25) is 0 Å². The predicted octanol–water partition coefficient (Wildman–Crippen LogP) is 14.2. The summed E-state index contributed by atoms with van der Waals surface area (Å²) in [7, 11) is 0. The molecule has 4 nitrogen and oxygen atoms in total. The molecule has 0 aliphatic carbocycles. The topological polar surface area (TPSA) is 35.6 Å². The Balaban J connectivity index is 1.39. The second-order valence-corrected chi connectivity index (χ2v) is 15.9. The maximum absolute atomic E-state index is 5.62. The van der Waals surface area contributed by atoms with Crippen LogP contribution in [0.2, 0.25) is 0 Å². The van der Waals surface area contributed by atoms with E-state index in [0.717, 1.165) is 49.2 Å². The van der Waals surface area contributed by atoms with Crippen LogP contribution in [0.5, 0.6) is 0 Å². The van der Waals surface area contributed by atoms with Gasteiger partial charge in [-0.1, -0.05) is 152 Å². The molecule has 0 aliphatic heterocycles. The number of para-hydroxylation sites is 3. The molecule has 4 heterocycles. The van der Waals surface area contributed by atoms with E-state index in [-0.39, 0.29) is 0 Å². The molecule has 0 aliphatic rings. The van der Waals surface area contributed by atoms with Crippen LogP contribution in [0.25, 0.3) is 119 Å². The third-order valence-corrected chi connectivity index (χ3v) is 13.0. The highest BCUT2D eigenvalue weighted by Crippen LogP contribution is 2.51. The minimum atomic E-state index is 0.713. The number of aromatic nitrogens is 4. The van der Waals surface area contributed by atoms with E-state index in [1.807, 2.05) is 6.07 Å². The lowest BCUT2D eigenvalue weighted by atomic mass is 9.89. The molecule has 0 spiro atoms. The lowest BCUT2D eigenvalue weighted by Gasteiger charge is -2.17. The van der Waals surface area contributed by atoms with Gasteiger partial charge in [-0.3, -0.25) is 4.57 Å². The maximum Gasteiger partial charge on any atom is 0.162 e. The van der Waals surface area contributed by atoms with E-state index in [2.05, 4.69) is 185 Å². The van der Waals surface area contributed by atoms with Crippen LogP contribution in [0.4, 0.5) is 0 Å². The molecule has 0 N–H and O–H groups in total. The number of hydrogen-bond acceptors (Lipinski definition) is 3. The Morgan fingerprint density at radius 1 is 0.368 bits per heavy atom. The molecule has 5 heteroatoms. The van der Waals surface area contributed by atoms with Crippen molar-refractivity contribution < 1.29 is 0 Å². The average molecular weight is 743 g/mol. The van der Waals surface area contributed by atoms with E-state index in [1.165, 1.54) is 64.1 Å². The van der Waals surface area contributed by atoms with Crippen molar-refractivity contribution in [1.82, 2.24) is 19.1 Å². The van der Waals surface area contributed by atoms with Gasteiger partial charge in [0.15, 0.2) is 11.6 Å². The fraction of sp³-hybridized carbons (Fsp3) is 0. The fourth-order valence-electron chi connectivity index (χ4n) is 9.60. The van der Waals surface area contributed by atoms with Crippen molar-refractivity contribution in [3.63, 3.8) is 0 Å². The first-order chi connectivity index (χ1) is 28.3. The number of rotatable bonds is 3. The molecule has 264 valence electrons. The molecule has 0 saturated carbocycles. The van der Waals surface area contributed by atoms with Gasteiger partial charge in [0.1, 0.15) is 0 Å². The fourth-order valence-corrected chi connectivity index (χ4v) is 10.7. The molecular formula is C52H30N4S. The first-order valence-electron chi connectivity index (χ1n) is 19.4. The highest BCUT2D eigenvalue weighted by atomic mass is 32.1. The van der Waals surface area contributed by atoms with Gasteiger partial charge in [-0.05, 0) is 51.9 Å². The Bertz CT molecular complexity index is 3800. The summed E-state index contributed by atoms with van der Waals surface area (Å²) in [6.07, 6.45) is 0. The van der Waals surface area contributed by atoms with Gasteiger partial charge in [-0.25, -0.2) is 9.97 Å². The standard InChI is InChI=1S/C52H30N4S/c1-3-17-31(18-4-1)51-53-47-39-27-13-16-30-42(39)57-50(47)52(54-51)56-41-29-15-12-26-38(41)46-44-36-24-10-8-22-34(36)33-21-7-9-23-35(33)43(44)45-37-25-11-14-28-40(37)55(48(45)49(46)56)32-19-5-2-6-20-32/h1-30H. The zero-order valence-electron chi connectivity index (χ0n) is 30.5. The summed E-state index contributed by atoms with van der Waals surface area (Å²) < 4.78 is 7.23. The van der Waals surface area contributed by atoms with Crippen LogP contribution < -0.4 is 0 Å². The lowest BCUT2D eigenvalue weighted by Crippen LogP contribution is -2.03. The van der Waals surface area contributed by atoms with Crippen molar-refractivity contribution in [1.29, 1.82) is 0 Å². The Morgan fingerprint density at radius 2 is 0.842 bits per heavy atom. The minimum Gasteiger partial charge on any atom is -0.307 e. The molecule has 0 saturated heterocycles. The largest absolute Gasteiger partial charge is 0.307 e. The van der Waals surface area contributed by atoms with Crippen molar-refractivity contribution in [2.24, 2.45) is 0 Å². The second-order valence-electron chi connectivity index (χ2n) is 14.8. The van der Waals surface area contributed by atoms with Gasteiger partial charge in [0, 0.05) is 53.7 Å². The molecular weight excluding hydrogens is 713 g/mol. The monoisotopic (exact) mass is 742 g/mol. The summed E-state index contributed by atoms with van der Waals surface area (Å²) in [5.74, 6) is 1.60. The number of fused-ring (bicyclic) bond motifs is 18. The van der Waals surface area contributed by atoms with Crippen LogP contribution in [0, 0.1) is 0 Å². The van der Waals surface area contributed by atoms with Crippen LogP contribution in [0.3, 0.4) is 0 Å². The van der Waals surface area contributed by atoms with Crippen molar-refractivity contribution in [3.05, 3.63) is 182 Å². The first-order valence-corrected chi connectivity index (χ1v) is 20.2. The van der Waals surface area contributed by atoms with Crippen LogP contribution in [0.15, 0.2) is 182 Å². The van der Waals surface area contributed by atoms with Crippen LogP contribution >= 0.6 is 11.3 Å². The normalized spacial score (nSPS) is 12.2. The predicted molar refractivity (Wildman–Crippen MR) is 242 cm³/mol. The molecule has 57 heavy (non-hydrogen) atoms. The van der Waals surface area contributed by atoms with E-state index in [1.54, 1.807) is 11.3 Å². The van der Waals surface area contributed by atoms with Crippen LogP contribution in [-0.4, -0.2) is 19.1 Å². The molecule has 0 radical (unpaired) electrons. The Labute approximate surface area is 330 Å². The Kier molecular flexibility index (Phi) is 6.29. The molecule has 9 aromatic carbocycles. The van der Waals surface area contributed by atoms with Gasteiger partial charge < -0.3 is 4.57 Å². The second kappa shape index (κ2) is 11.6. The summed E-state index contributed by atoms with van der Waals surface area (Å²) in [6, 6.07) is 65.7. The average Bonchev–Trinajstić information content (AvgIpc) is 3.95. The molecule has 0 fully saturated rings. The van der Waals surface area contributed by atoms with Crippen molar-refractivity contribution in [2.45, 2.75) is 0 Å². The lowest BCUT2D eigenvalue weighted by molar-refractivity contribution is 1.08. The minimum absolute atomic E-state index is 0.713. The Hall–Kier alpha value is -7.34. The van der Waals surface area contributed by atoms with Gasteiger partial charge in [0.25, 0.3) is 0 Å². The van der Waals surface area contributed by atoms with Gasteiger partial charge in [-0.15, -0.1) is 11.3 Å². The Morgan fingerprint density at radius 3 is 1.47 bits per heavy atom.